The van der Waals surface area contributed by atoms with Crippen LogP contribution in [0.1, 0.15) is 25.7 Å². The molecule has 2 aromatic heterocycles. The second-order valence-corrected chi connectivity index (χ2v) is 6.78. The molecule has 0 aliphatic carbocycles. The van der Waals surface area contributed by atoms with Crippen molar-refractivity contribution < 1.29 is 9.21 Å². The van der Waals surface area contributed by atoms with E-state index < -0.39 is 0 Å². The van der Waals surface area contributed by atoms with Gasteiger partial charge in [0.15, 0.2) is 11.7 Å². The molecule has 1 fully saturated rings. The first-order valence-electron chi connectivity index (χ1n) is 8.98. The van der Waals surface area contributed by atoms with Crippen LogP contribution < -0.4 is 5.32 Å². The van der Waals surface area contributed by atoms with Crippen LogP contribution in [0.4, 0.5) is 5.82 Å². The molecule has 134 valence electrons. The lowest BCUT2D eigenvalue weighted by Gasteiger charge is -2.22. The van der Waals surface area contributed by atoms with Crippen LogP contribution in [-0.2, 0) is 4.79 Å². The molecule has 26 heavy (non-hydrogen) atoms. The highest BCUT2D eigenvalue weighted by atomic mass is 16.4. The number of rotatable bonds is 4. The zero-order valence-electron chi connectivity index (χ0n) is 15.0. The van der Waals surface area contributed by atoms with Gasteiger partial charge in [-0.15, -0.1) is 0 Å². The lowest BCUT2D eigenvalue weighted by atomic mass is 10.1. The molecule has 1 saturated heterocycles. The van der Waals surface area contributed by atoms with Gasteiger partial charge in [0.05, 0.1) is 12.2 Å². The van der Waals surface area contributed by atoms with Crippen molar-refractivity contribution in [1.29, 1.82) is 0 Å². The molecule has 1 atom stereocenters. The molecule has 0 bridgehead atoms. The summed E-state index contributed by atoms with van der Waals surface area (Å²) in [4.78, 5) is 23.2. The Bertz CT molecular complexity index is 944. The number of nitrogens with one attached hydrogen (secondary N) is 1. The second-order valence-electron chi connectivity index (χ2n) is 6.78. The highest BCUT2D eigenvalue weighted by molar-refractivity contribution is 5.96. The van der Waals surface area contributed by atoms with Gasteiger partial charge in [-0.25, -0.2) is 9.97 Å². The molecule has 3 aromatic rings. The molecule has 4 rings (SSSR count). The van der Waals surface area contributed by atoms with Gasteiger partial charge in [0.1, 0.15) is 5.82 Å². The SMILES string of the molecule is Cc1ncc(-c2ccc3cnc(NC(=O)C(C)N4CCCC4)cc3c2)o1. The number of benzene rings is 1. The van der Waals surface area contributed by atoms with Crippen LogP contribution in [0.2, 0.25) is 0 Å². The minimum Gasteiger partial charge on any atom is -0.441 e. The molecule has 1 aliphatic heterocycles. The number of likely N-dealkylation sites (tertiary alicyclic amines) is 1. The van der Waals surface area contributed by atoms with E-state index in [2.05, 4.69) is 20.2 Å². The molecular weight excluding hydrogens is 328 g/mol. The number of anilines is 1. The Morgan fingerprint density at radius 2 is 1.96 bits per heavy atom. The Labute approximate surface area is 152 Å². The number of amides is 1. The second kappa shape index (κ2) is 6.88. The van der Waals surface area contributed by atoms with E-state index in [9.17, 15) is 4.79 Å². The average Bonchev–Trinajstić information content (AvgIpc) is 3.32. The Morgan fingerprint density at radius 3 is 2.69 bits per heavy atom. The van der Waals surface area contributed by atoms with Crippen molar-refractivity contribution in [1.82, 2.24) is 14.9 Å². The monoisotopic (exact) mass is 350 g/mol. The molecule has 1 unspecified atom stereocenters. The lowest BCUT2D eigenvalue weighted by Crippen LogP contribution is -2.40. The van der Waals surface area contributed by atoms with Crippen molar-refractivity contribution in [3.05, 3.63) is 42.5 Å². The predicted molar refractivity (Wildman–Crippen MR) is 101 cm³/mol. The van der Waals surface area contributed by atoms with Gasteiger partial charge >= 0.3 is 0 Å². The summed E-state index contributed by atoms with van der Waals surface area (Å²) in [5, 5.41) is 4.95. The van der Waals surface area contributed by atoms with E-state index in [0.717, 1.165) is 48.0 Å². The molecule has 0 saturated carbocycles. The third-order valence-corrected chi connectivity index (χ3v) is 4.95. The molecule has 1 amide bonds. The standard InChI is InChI=1S/C20H22N4O2/c1-13(24-7-3-4-8-24)20(25)23-19-10-17-9-15(5-6-16(17)11-22-19)18-12-21-14(2)26-18/h5-6,9-13H,3-4,7-8H2,1-2H3,(H,22,23,25). The maximum absolute atomic E-state index is 12.5. The normalized spacial score (nSPS) is 16.1. The Hall–Kier alpha value is -2.73. The van der Waals surface area contributed by atoms with Crippen molar-refractivity contribution in [3.8, 4) is 11.3 Å². The van der Waals surface area contributed by atoms with Gasteiger partial charge in [0.2, 0.25) is 5.91 Å². The molecule has 1 aliphatic rings. The van der Waals surface area contributed by atoms with Crippen LogP contribution in [-0.4, -0.2) is 39.9 Å². The summed E-state index contributed by atoms with van der Waals surface area (Å²) in [5.41, 5.74) is 0.951. The number of carbonyl (C=O) groups is 1. The van der Waals surface area contributed by atoms with E-state index in [1.165, 1.54) is 0 Å². The summed E-state index contributed by atoms with van der Waals surface area (Å²) in [6.07, 6.45) is 5.82. The fraction of sp³-hybridized carbons (Fsp3) is 0.350. The number of aromatic nitrogens is 2. The number of hydrogen-bond acceptors (Lipinski definition) is 5. The smallest absolute Gasteiger partial charge is 0.242 e. The summed E-state index contributed by atoms with van der Waals surface area (Å²) in [6, 6.07) is 7.76. The first-order valence-corrected chi connectivity index (χ1v) is 8.98. The first-order chi connectivity index (χ1) is 12.6. The molecule has 0 spiro atoms. The maximum Gasteiger partial charge on any atom is 0.242 e. The number of oxazole rings is 1. The predicted octanol–water partition coefficient (Wildman–Crippen LogP) is 3.62. The topological polar surface area (TPSA) is 71.3 Å². The van der Waals surface area contributed by atoms with Gasteiger partial charge in [0, 0.05) is 24.1 Å². The molecule has 0 radical (unpaired) electrons. The van der Waals surface area contributed by atoms with Crippen molar-refractivity contribution in [2.45, 2.75) is 32.7 Å². The molecular formula is C20H22N4O2. The van der Waals surface area contributed by atoms with E-state index in [4.69, 9.17) is 4.42 Å². The summed E-state index contributed by atoms with van der Waals surface area (Å²) < 4.78 is 5.60. The van der Waals surface area contributed by atoms with Crippen LogP contribution in [0.15, 0.2) is 41.1 Å². The van der Waals surface area contributed by atoms with Gasteiger partial charge in [-0.1, -0.05) is 12.1 Å². The molecule has 6 nitrogen and oxygen atoms in total. The number of aryl methyl sites for hydroxylation is 1. The number of nitrogens with zero attached hydrogens (tertiary/aromatic N) is 3. The Kier molecular flexibility index (Phi) is 4.42. The Morgan fingerprint density at radius 1 is 1.15 bits per heavy atom. The largest absolute Gasteiger partial charge is 0.441 e. The van der Waals surface area contributed by atoms with Crippen LogP contribution in [0.5, 0.6) is 0 Å². The number of pyridine rings is 1. The highest BCUT2D eigenvalue weighted by Gasteiger charge is 2.24. The van der Waals surface area contributed by atoms with Crippen LogP contribution in [0, 0.1) is 6.92 Å². The van der Waals surface area contributed by atoms with Gasteiger partial charge < -0.3 is 9.73 Å². The zero-order chi connectivity index (χ0) is 18.1. The minimum atomic E-state index is -0.140. The first kappa shape index (κ1) is 16.7. The van der Waals surface area contributed by atoms with Gasteiger partial charge in [0.25, 0.3) is 0 Å². The average molecular weight is 350 g/mol. The van der Waals surface area contributed by atoms with Crippen molar-refractivity contribution in [3.63, 3.8) is 0 Å². The summed E-state index contributed by atoms with van der Waals surface area (Å²) in [5.74, 6) is 1.92. The number of hydrogen-bond donors (Lipinski definition) is 1. The van der Waals surface area contributed by atoms with Gasteiger partial charge in [-0.2, -0.15) is 0 Å². The highest BCUT2D eigenvalue weighted by Crippen LogP contribution is 2.26. The van der Waals surface area contributed by atoms with Crippen molar-refractivity contribution in [2.24, 2.45) is 0 Å². The van der Waals surface area contributed by atoms with E-state index in [-0.39, 0.29) is 11.9 Å². The molecule has 1 N–H and O–H groups in total. The van der Waals surface area contributed by atoms with E-state index >= 15 is 0 Å². The molecule has 3 heterocycles. The van der Waals surface area contributed by atoms with Crippen molar-refractivity contribution >= 4 is 22.5 Å². The fourth-order valence-electron chi connectivity index (χ4n) is 3.38. The van der Waals surface area contributed by atoms with E-state index in [1.807, 2.05) is 38.1 Å². The van der Waals surface area contributed by atoms with Gasteiger partial charge in [-0.05, 0) is 50.4 Å². The number of fused-ring (bicyclic) bond motifs is 1. The lowest BCUT2D eigenvalue weighted by molar-refractivity contribution is -0.120. The third-order valence-electron chi connectivity index (χ3n) is 4.95. The van der Waals surface area contributed by atoms with E-state index in [1.54, 1.807) is 12.4 Å². The Balaban J connectivity index is 1.57. The van der Waals surface area contributed by atoms with Crippen molar-refractivity contribution in [2.75, 3.05) is 18.4 Å². The quantitative estimate of drug-likeness (QED) is 0.778. The summed E-state index contributed by atoms with van der Waals surface area (Å²) in [6.45, 7) is 5.75. The van der Waals surface area contributed by atoms with Crippen LogP contribution in [0.25, 0.3) is 22.1 Å². The summed E-state index contributed by atoms with van der Waals surface area (Å²) >= 11 is 0. The van der Waals surface area contributed by atoms with Crippen LogP contribution >= 0.6 is 0 Å². The third kappa shape index (κ3) is 3.32. The zero-order valence-corrected chi connectivity index (χ0v) is 15.0. The fourth-order valence-corrected chi connectivity index (χ4v) is 3.38. The van der Waals surface area contributed by atoms with Crippen LogP contribution in [0.3, 0.4) is 0 Å². The van der Waals surface area contributed by atoms with E-state index in [0.29, 0.717) is 11.7 Å². The maximum atomic E-state index is 12.5. The molecule has 6 heteroatoms. The summed E-state index contributed by atoms with van der Waals surface area (Å²) in [7, 11) is 0. The molecule has 1 aromatic carbocycles. The minimum absolute atomic E-state index is 0.0132. The number of carbonyl (C=O) groups excluding carboxylic acids is 1. The van der Waals surface area contributed by atoms with Gasteiger partial charge in [-0.3, -0.25) is 9.69 Å².